The van der Waals surface area contributed by atoms with E-state index in [1.807, 2.05) is 24.3 Å². The molecule has 0 unspecified atom stereocenters. The highest BCUT2D eigenvalue weighted by Gasteiger charge is 2.15. The highest BCUT2D eigenvalue weighted by molar-refractivity contribution is 9.10. The maximum atomic E-state index is 12.4. The molecule has 0 atom stereocenters. The van der Waals surface area contributed by atoms with Crippen LogP contribution in [-0.2, 0) is 29.3 Å². The molecule has 1 aromatic heterocycles. The molecule has 2 aromatic carbocycles. The number of rotatable bonds is 9. The van der Waals surface area contributed by atoms with Gasteiger partial charge in [0, 0.05) is 21.7 Å². The van der Waals surface area contributed by atoms with Gasteiger partial charge in [0.2, 0.25) is 11.8 Å². The molecular weight excluding hydrogens is 504 g/mol. The molecule has 0 aliphatic rings. The molecule has 0 radical (unpaired) electrons. The van der Waals surface area contributed by atoms with Crippen molar-refractivity contribution in [2.45, 2.75) is 24.9 Å². The molecule has 3 rings (SSSR count). The van der Waals surface area contributed by atoms with E-state index in [1.54, 1.807) is 28.8 Å². The Balaban J connectivity index is 1.56. The second-order valence-electron chi connectivity index (χ2n) is 6.52. The van der Waals surface area contributed by atoms with Crippen molar-refractivity contribution in [3.63, 3.8) is 0 Å². The van der Waals surface area contributed by atoms with Crippen molar-refractivity contribution in [3.8, 4) is 0 Å². The molecule has 0 aliphatic carbocycles. The fourth-order valence-electron chi connectivity index (χ4n) is 2.67. The predicted octanol–water partition coefficient (Wildman–Crippen LogP) is 3.84. The number of hydrogen-bond acceptors (Lipinski definition) is 5. The second kappa shape index (κ2) is 11.3. The van der Waals surface area contributed by atoms with Crippen molar-refractivity contribution < 1.29 is 14.7 Å². The van der Waals surface area contributed by atoms with Gasteiger partial charge in [-0.2, -0.15) is 0 Å². The molecule has 0 fully saturated rings. The van der Waals surface area contributed by atoms with E-state index in [9.17, 15) is 14.7 Å². The van der Waals surface area contributed by atoms with Gasteiger partial charge >= 0.3 is 0 Å². The Kier molecular flexibility index (Phi) is 8.53. The summed E-state index contributed by atoms with van der Waals surface area (Å²) in [7, 11) is 0. The first-order valence-corrected chi connectivity index (χ1v) is 11.4. The zero-order valence-electron chi connectivity index (χ0n) is 16.3. The first-order chi connectivity index (χ1) is 14.9. The predicted molar refractivity (Wildman–Crippen MR) is 125 cm³/mol. The first-order valence-electron chi connectivity index (χ1n) is 9.29. The van der Waals surface area contributed by atoms with Gasteiger partial charge in [0.05, 0.1) is 24.3 Å². The normalized spacial score (nSPS) is 10.7. The number of thioether (sulfide) groups is 1. The van der Waals surface area contributed by atoms with Crippen LogP contribution in [0.15, 0.2) is 64.4 Å². The minimum Gasteiger partial charge on any atom is -0.390 e. The quantitative estimate of drug-likeness (QED) is 0.370. The number of hydrogen-bond donors (Lipinski definition) is 3. The molecular formula is C21H20BrClN4O3S. The zero-order valence-corrected chi connectivity index (χ0v) is 19.5. The number of aliphatic hydroxyl groups excluding tert-OH is 1. The lowest BCUT2D eigenvalue weighted by atomic mass is 10.2. The zero-order chi connectivity index (χ0) is 22.2. The summed E-state index contributed by atoms with van der Waals surface area (Å²) in [6.07, 6.45) is 1.50. The van der Waals surface area contributed by atoms with E-state index in [4.69, 9.17) is 11.6 Å². The molecule has 0 saturated carbocycles. The van der Waals surface area contributed by atoms with Crippen LogP contribution in [-0.4, -0.2) is 32.2 Å². The molecule has 7 nitrogen and oxygen atoms in total. The maximum absolute atomic E-state index is 12.4. The van der Waals surface area contributed by atoms with E-state index in [2.05, 4.69) is 31.5 Å². The third-order valence-electron chi connectivity index (χ3n) is 4.23. The Labute approximate surface area is 197 Å². The van der Waals surface area contributed by atoms with E-state index in [0.29, 0.717) is 28.1 Å². The third-order valence-corrected chi connectivity index (χ3v) is 6.00. The molecule has 10 heteroatoms. The Hall–Kier alpha value is -2.33. The molecule has 2 amide bonds. The lowest BCUT2D eigenvalue weighted by Crippen LogP contribution is -2.28. The fraction of sp³-hybridized carbons (Fsp3) is 0.190. The summed E-state index contributed by atoms with van der Waals surface area (Å²) in [5, 5.41) is 16.3. The standard InChI is InChI=1S/C21H20BrClN4O3S/c22-15-3-7-17(8-4-15)26-20(30)13-31-21-25-10-18(12-28)27(21)11-19(29)24-9-14-1-5-16(23)6-2-14/h1-8,10,28H,9,11-13H2,(H,24,29)(H,26,30). The van der Waals surface area contributed by atoms with Crippen LogP contribution in [0.4, 0.5) is 5.69 Å². The van der Waals surface area contributed by atoms with Gasteiger partial charge < -0.3 is 20.3 Å². The number of aromatic nitrogens is 2. The molecule has 1 heterocycles. The number of amides is 2. The molecule has 0 aliphatic heterocycles. The van der Waals surface area contributed by atoms with Crippen LogP contribution in [0.2, 0.25) is 5.02 Å². The number of carbonyl (C=O) groups is 2. The van der Waals surface area contributed by atoms with Gasteiger partial charge in [0.1, 0.15) is 6.54 Å². The van der Waals surface area contributed by atoms with Crippen molar-refractivity contribution in [2.75, 3.05) is 11.1 Å². The molecule has 0 bridgehead atoms. The number of nitrogens with one attached hydrogen (secondary N) is 2. The number of benzene rings is 2. The van der Waals surface area contributed by atoms with Gasteiger partial charge in [0.25, 0.3) is 0 Å². The Morgan fingerprint density at radius 2 is 1.81 bits per heavy atom. The van der Waals surface area contributed by atoms with Gasteiger partial charge in [0.15, 0.2) is 5.16 Å². The van der Waals surface area contributed by atoms with Gasteiger partial charge in [-0.05, 0) is 42.0 Å². The maximum Gasteiger partial charge on any atom is 0.240 e. The number of carbonyl (C=O) groups excluding carboxylic acids is 2. The number of anilines is 1. The average molecular weight is 524 g/mol. The van der Waals surface area contributed by atoms with Crippen molar-refractivity contribution >= 4 is 56.8 Å². The summed E-state index contributed by atoms with van der Waals surface area (Å²) in [4.78, 5) is 28.9. The molecule has 0 saturated heterocycles. The second-order valence-corrected chi connectivity index (χ2v) is 8.82. The van der Waals surface area contributed by atoms with Crippen molar-refractivity contribution in [1.82, 2.24) is 14.9 Å². The lowest BCUT2D eigenvalue weighted by molar-refractivity contribution is -0.122. The van der Waals surface area contributed by atoms with Crippen LogP contribution in [0.5, 0.6) is 0 Å². The summed E-state index contributed by atoms with van der Waals surface area (Å²) < 4.78 is 2.53. The first kappa shape index (κ1) is 23.3. The lowest BCUT2D eigenvalue weighted by Gasteiger charge is -2.11. The van der Waals surface area contributed by atoms with Crippen LogP contribution in [0.25, 0.3) is 0 Å². The molecule has 0 spiro atoms. The third kappa shape index (κ3) is 7.10. The minimum absolute atomic E-state index is 0.0137. The van der Waals surface area contributed by atoms with Crippen LogP contribution in [0.3, 0.4) is 0 Å². The van der Waals surface area contributed by atoms with Gasteiger partial charge in [-0.3, -0.25) is 9.59 Å². The summed E-state index contributed by atoms with van der Waals surface area (Å²) in [5.74, 6) is -0.312. The van der Waals surface area contributed by atoms with E-state index in [1.165, 1.54) is 18.0 Å². The minimum atomic E-state index is -0.261. The Morgan fingerprint density at radius 1 is 1.10 bits per heavy atom. The van der Waals surface area contributed by atoms with Crippen LogP contribution >= 0.6 is 39.3 Å². The summed E-state index contributed by atoms with van der Waals surface area (Å²) in [6.45, 7) is 0.0838. The van der Waals surface area contributed by atoms with E-state index >= 15 is 0 Å². The smallest absolute Gasteiger partial charge is 0.240 e. The topological polar surface area (TPSA) is 96.2 Å². The van der Waals surface area contributed by atoms with Gasteiger partial charge in [-0.15, -0.1) is 0 Å². The number of nitrogens with zero attached hydrogens (tertiary/aromatic N) is 2. The van der Waals surface area contributed by atoms with Crippen molar-refractivity contribution in [2.24, 2.45) is 0 Å². The van der Waals surface area contributed by atoms with E-state index in [-0.39, 0.29) is 30.7 Å². The fourth-order valence-corrected chi connectivity index (χ4v) is 3.85. The molecule has 3 aromatic rings. The van der Waals surface area contributed by atoms with Crippen molar-refractivity contribution in [3.05, 3.63) is 75.5 Å². The van der Waals surface area contributed by atoms with Gasteiger partial charge in [-0.25, -0.2) is 4.98 Å². The SMILES string of the molecule is O=C(Cn1c(CO)cnc1SCC(=O)Nc1ccc(Br)cc1)NCc1ccc(Cl)cc1. The van der Waals surface area contributed by atoms with Gasteiger partial charge in [-0.1, -0.05) is 51.4 Å². The molecule has 162 valence electrons. The van der Waals surface area contributed by atoms with Crippen LogP contribution < -0.4 is 10.6 Å². The molecule has 31 heavy (non-hydrogen) atoms. The van der Waals surface area contributed by atoms with Crippen molar-refractivity contribution in [1.29, 1.82) is 0 Å². The monoisotopic (exact) mass is 522 g/mol. The Morgan fingerprint density at radius 3 is 2.48 bits per heavy atom. The summed E-state index contributed by atoms with van der Waals surface area (Å²) in [6, 6.07) is 14.5. The molecule has 3 N–H and O–H groups in total. The highest BCUT2D eigenvalue weighted by atomic mass is 79.9. The van der Waals surface area contributed by atoms with Crippen LogP contribution in [0.1, 0.15) is 11.3 Å². The highest BCUT2D eigenvalue weighted by Crippen LogP contribution is 2.20. The number of imidazole rings is 1. The van der Waals surface area contributed by atoms with Crippen LogP contribution in [0, 0.1) is 0 Å². The number of aliphatic hydroxyl groups is 1. The number of halogens is 2. The average Bonchev–Trinajstić information content (AvgIpc) is 3.15. The largest absolute Gasteiger partial charge is 0.390 e. The Bertz CT molecular complexity index is 1040. The van der Waals surface area contributed by atoms with E-state index in [0.717, 1.165) is 10.0 Å². The van der Waals surface area contributed by atoms with E-state index < -0.39 is 0 Å². The summed E-state index contributed by atoms with van der Waals surface area (Å²) in [5.41, 5.74) is 2.11. The summed E-state index contributed by atoms with van der Waals surface area (Å²) >= 11 is 10.4.